The van der Waals surface area contributed by atoms with Crippen molar-refractivity contribution in [2.75, 3.05) is 7.11 Å². The molecule has 0 unspecified atom stereocenters. The maximum absolute atomic E-state index is 11.3. The molecule has 16 nitrogen and oxygen atoms in total. The molecule has 0 atom stereocenters. The molecule has 8 rings (SSSR count). The Bertz CT molecular complexity index is 3430. The fourth-order valence-electron chi connectivity index (χ4n) is 6.19. The summed E-state index contributed by atoms with van der Waals surface area (Å²) in [6.45, 7) is 2.87. The van der Waals surface area contributed by atoms with E-state index >= 15 is 0 Å². The van der Waals surface area contributed by atoms with E-state index in [1.807, 2.05) is 91.0 Å². The van der Waals surface area contributed by atoms with Crippen molar-refractivity contribution in [1.82, 2.24) is 0 Å². The Morgan fingerprint density at radius 3 is 1.12 bits per heavy atom. The van der Waals surface area contributed by atoms with Gasteiger partial charge in [0.1, 0.15) is 0 Å². The van der Waals surface area contributed by atoms with E-state index in [0.717, 1.165) is 31.1 Å². The van der Waals surface area contributed by atoms with Crippen LogP contribution in [0.1, 0.15) is 76.0 Å². The first-order valence-electron chi connectivity index (χ1n) is 22.5. The molecule has 0 spiro atoms. The van der Waals surface area contributed by atoms with Crippen LogP contribution in [0, 0.1) is 38.7 Å². The second kappa shape index (κ2) is 31.1. The zero-order valence-corrected chi connectivity index (χ0v) is 49.7. The van der Waals surface area contributed by atoms with Crippen molar-refractivity contribution in [2.24, 2.45) is 0 Å². The van der Waals surface area contributed by atoms with E-state index in [2.05, 4.69) is 4.74 Å². The number of methoxy groups -OCH3 is 1. The zero-order valence-electron chi connectivity index (χ0n) is 41.1. The molecule has 0 aliphatic heterocycles. The van der Waals surface area contributed by atoms with Crippen molar-refractivity contribution in [3.8, 4) is 5.75 Å². The molecule has 8 aromatic rings. The Balaban J connectivity index is 0.000000192. The zero-order chi connectivity index (χ0) is 56.7. The number of ketones is 1. The number of aromatic carboxylic acids is 4. The van der Waals surface area contributed by atoms with E-state index < -0.39 is 114 Å². The van der Waals surface area contributed by atoms with Crippen molar-refractivity contribution in [1.29, 1.82) is 0 Å². The van der Waals surface area contributed by atoms with Gasteiger partial charge in [-0.05, 0) is 0 Å². The number of halogens is 4. The predicted octanol–water partition coefficient (Wildman–Crippen LogP) is -7.46. The van der Waals surface area contributed by atoms with Crippen LogP contribution in [0.25, 0.3) is 0 Å². The number of non-ortho nitro benzene ring substituents is 1. The molecule has 0 bridgehead atoms. The average Bonchev–Trinajstić information content (AvgIpc) is 3.44. The summed E-state index contributed by atoms with van der Waals surface area (Å²) in [5.74, 6) is -5.08. The van der Waals surface area contributed by atoms with Gasteiger partial charge in [-0.2, -0.15) is 0 Å². The number of Topliss-reactive ketones (excluding diaryl/α,β-unsaturated/α-hetero) is 1. The summed E-state index contributed by atoms with van der Waals surface area (Å²) in [6.07, 6.45) is 0. The van der Waals surface area contributed by atoms with Crippen molar-refractivity contribution >= 4 is 47.3 Å². The Morgan fingerprint density at radius 1 is 0.410 bits per heavy atom. The van der Waals surface area contributed by atoms with Crippen LogP contribution >= 0.6 is 0 Å². The van der Waals surface area contributed by atoms with Crippen LogP contribution in [0.4, 0.5) is 5.69 Å². The van der Waals surface area contributed by atoms with Gasteiger partial charge in [0, 0.05) is 0 Å². The van der Waals surface area contributed by atoms with Crippen LogP contribution < -0.4 is 110 Å². The maximum atomic E-state index is 11.3. The summed E-state index contributed by atoms with van der Waals surface area (Å²) >= 11 is -2.55. The molecule has 8 aromatic carbocycles. The van der Waals surface area contributed by atoms with Crippen LogP contribution in [0.2, 0.25) is 0 Å². The minimum absolute atomic E-state index is 0.0277. The molecule has 78 heavy (non-hydrogen) atoms. The van der Waals surface area contributed by atoms with E-state index in [4.69, 9.17) is 4.74 Å². The first kappa shape index (κ1) is 61.4. The number of carbonyl (C=O) groups excluding carboxylic acids is 7. The number of esters is 2. The van der Waals surface area contributed by atoms with Gasteiger partial charge in [0.05, 0.1) is 0 Å². The normalized spacial score (nSPS) is 10.3. The fraction of sp³-hybridized carbons (Fsp3) is 0.0517. The number of carboxylic acids is 4. The number of carboxylic acid groups (broad SMARTS) is 4. The summed E-state index contributed by atoms with van der Waals surface area (Å²) in [4.78, 5) is 87.5. The number of nitro groups is 1. The second-order valence-electron chi connectivity index (χ2n) is 15.3. The third-order valence-electron chi connectivity index (χ3n) is 9.83. The van der Waals surface area contributed by atoms with Crippen LogP contribution in [0.15, 0.2) is 194 Å². The quantitative estimate of drug-likeness (QED) is 0.0217. The Kier molecular flexibility index (Phi) is 24.5. The van der Waals surface area contributed by atoms with Gasteiger partial charge in [-0.1, -0.05) is 0 Å². The van der Waals surface area contributed by atoms with Crippen molar-refractivity contribution < 1.29 is 153 Å². The third kappa shape index (κ3) is 19.5. The number of nitrogens with zero attached hydrogens (tertiary/aromatic N) is 1. The number of hydrogen-bond donors (Lipinski definition) is 0. The number of benzene rings is 8. The van der Waals surface area contributed by atoms with Crippen molar-refractivity contribution in [2.45, 2.75) is 13.8 Å². The molecular weight excluding hydrogens is 1460 g/mol. The first-order valence-corrected chi connectivity index (χ1v) is 31.1. The molecule has 0 saturated carbocycles. The molecule has 0 radical (unpaired) electrons. The Hall–Kier alpha value is -7.43. The van der Waals surface area contributed by atoms with E-state index in [9.17, 15) is 64.1 Å². The molecule has 0 saturated heterocycles. The summed E-state index contributed by atoms with van der Waals surface area (Å²) in [5, 5.41) is 54.8. The Labute approximate surface area is 488 Å². The molecule has 0 aromatic heterocycles. The molecule has 0 aliphatic rings. The van der Waals surface area contributed by atoms with Gasteiger partial charge in [0.15, 0.2) is 0 Å². The topological polar surface area (TPSA) is 273 Å². The SMILES string of the molecule is CC(=O)Oc1ccc([I-]c2ccccc2C(=O)[O-])cc1.CC(=O)c1ccc([I-]c2ccccc2C(=O)[O-])cc1.COC(=O)c1ccc([I-]c2ccccc2C(=O)[O-])cc1.O=C([O-])c1cc([N+](=O)[O-])ccc1[I-]c1ccccc1. The van der Waals surface area contributed by atoms with Crippen LogP contribution in [-0.4, -0.2) is 53.6 Å². The molecule has 404 valence electrons. The molecule has 0 heterocycles. The number of nitro benzene ring substituents is 1. The molecule has 0 fully saturated rings. The van der Waals surface area contributed by atoms with Gasteiger partial charge in [-0.3, -0.25) is 0 Å². The van der Waals surface area contributed by atoms with Crippen molar-refractivity contribution in [3.05, 3.63) is 266 Å². The predicted molar refractivity (Wildman–Crippen MR) is 258 cm³/mol. The van der Waals surface area contributed by atoms with E-state index in [-0.39, 0.29) is 45.7 Å². The van der Waals surface area contributed by atoms with Crippen molar-refractivity contribution in [3.63, 3.8) is 0 Å². The van der Waals surface area contributed by atoms with Crippen LogP contribution in [-0.2, 0) is 9.53 Å². The van der Waals surface area contributed by atoms with Crippen LogP contribution in [0.3, 0.4) is 0 Å². The van der Waals surface area contributed by atoms with Gasteiger partial charge < -0.3 is 0 Å². The van der Waals surface area contributed by atoms with Gasteiger partial charge in [0.25, 0.3) is 0 Å². The number of ether oxygens (including phenoxy) is 2. The summed E-state index contributed by atoms with van der Waals surface area (Å²) in [5.41, 5.74) is 1.55. The second-order valence-corrected chi connectivity index (χ2v) is 27.1. The van der Waals surface area contributed by atoms with Gasteiger partial charge in [-0.25, -0.2) is 0 Å². The molecule has 0 N–H and O–H groups in total. The third-order valence-corrected chi connectivity index (χ3v) is 21.3. The van der Waals surface area contributed by atoms with Gasteiger partial charge >= 0.3 is 493 Å². The molecule has 20 heteroatoms. The number of rotatable bonds is 16. The number of carbonyl (C=O) groups is 7. The monoisotopic (exact) mass is 1500 g/mol. The van der Waals surface area contributed by atoms with Gasteiger partial charge in [0.2, 0.25) is 0 Å². The summed E-state index contributed by atoms with van der Waals surface area (Å²) < 4.78 is 16.8. The first-order chi connectivity index (χ1) is 37.3. The summed E-state index contributed by atoms with van der Waals surface area (Å²) in [7, 11) is 1.33. The average molecular weight is 1500 g/mol. The van der Waals surface area contributed by atoms with E-state index in [0.29, 0.717) is 20.4 Å². The fourth-order valence-corrected chi connectivity index (χ4v) is 16.1. The number of hydrogen-bond acceptors (Lipinski definition) is 15. The summed E-state index contributed by atoms with van der Waals surface area (Å²) in [6, 6.07) is 55.4. The standard InChI is InChI=1S/2C15H12IO4.C15H12IO3.C13H9INO4/c1-20-15(19)10-6-8-11(9-7-10)16-13-5-3-2-4-12(13)14(17)18;1-10(17)20-12-8-6-11(7-9-12)16-14-5-3-2-4-13(14)15(18)19;1-10(17)11-6-8-12(9-7-11)16-14-5-3-2-4-13(14)15(18)19;16-13(17)11-8-10(15(18)19)6-7-12(11)14-9-4-2-1-3-5-9/h2-9H,1H3,(H,17,18);2-9H,1H3,(H,18,19);2-9H,1H3,(H,18,19);1-8H,(H,16,17)/q4*-1/p-4. The minimum atomic E-state index is -1.38. The molecule has 0 aliphatic carbocycles. The van der Waals surface area contributed by atoms with Crippen LogP contribution in [0.5, 0.6) is 5.75 Å². The van der Waals surface area contributed by atoms with E-state index in [1.54, 1.807) is 84.9 Å². The van der Waals surface area contributed by atoms with E-state index in [1.165, 1.54) is 33.1 Å². The van der Waals surface area contributed by atoms with Gasteiger partial charge in [-0.15, -0.1) is 0 Å². The molecule has 0 amide bonds. The Morgan fingerprint density at radius 2 is 0.756 bits per heavy atom. The molecular formula is C58H41I4NO15-8.